The summed E-state index contributed by atoms with van der Waals surface area (Å²) in [7, 11) is 0. The number of aliphatic hydroxyl groups is 3. The average Bonchev–Trinajstić information content (AvgIpc) is 2.91. The van der Waals surface area contributed by atoms with Crippen LogP contribution in [-0.2, 0) is 9.59 Å². The fourth-order valence-corrected chi connectivity index (χ4v) is 7.08. The average molecular weight is 413 g/mol. The van der Waals surface area contributed by atoms with Crippen LogP contribution >= 0.6 is 11.6 Å². The van der Waals surface area contributed by atoms with Crippen LogP contribution in [0.1, 0.15) is 46.0 Å². The van der Waals surface area contributed by atoms with Crippen molar-refractivity contribution in [2.24, 2.45) is 22.7 Å². The molecule has 4 aliphatic carbocycles. The number of halogens is 2. The number of fused-ring (bicyclic) bond motifs is 5. The Balaban J connectivity index is 1.89. The van der Waals surface area contributed by atoms with Gasteiger partial charge in [0.1, 0.15) is 12.2 Å². The highest BCUT2D eigenvalue weighted by molar-refractivity contribution is 6.32. The predicted molar refractivity (Wildman–Crippen MR) is 100 cm³/mol. The lowest BCUT2D eigenvalue weighted by molar-refractivity contribution is -0.210. The highest BCUT2D eigenvalue weighted by atomic mass is 35.5. The molecule has 0 aromatic heterocycles. The standard InChI is InChI=1S/C21H26ClFO5/c1-18-5-3-11(25)7-14(18)15(22)8-13-12-4-6-20(28,17(27)10-24)19(12,2)9-16(26)21(13,18)23/h7-8,12-13,16,24,26,28H,3-6,9-10H2,1-2H3/t12-,13-,16-,18-,19-,20-,21-/m0/s1. The van der Waals surface area contributed by atoms with E-state index in [0.29, 0.717) is 17.0 Å². The van der Waals surface area contributed by atoms with Crippen molar-refractivity contribution in [1.82, 2.24) is 0 Å². The fraction of sp³-hybridized carbons (Fsp3) is 0.714. The maximum atomic E-state index is 16.9. The summed E-state index contributed by atoms with van der Waals surface area (Å²) in [6.07, 6.45) is 2.33. The number of hydrogen-bond donors (Lipinski definition) is 3. The zero-order chi connectivity index (χ0) is 20.7. The number of aliphatic hydroxyl groups excluding tert-OH is 2. The molecule has 3 N–H and O–H groups in total. The SMILES string of the molecule is C[C@]12CCC(=O)C=C1C(Cl)=C[C@H]1[C@@H]3CC[C@](O)(C(=O)CO)[C@@]3(C)C[C@H](O)[C@@]12F. The molecule has 5 nitrogen and oxygen atoms in total. The van der Waals surface area contributed by atoms with Gasteiger partial charge in [0.15, 0.2) is 17.2 Å². The minimum absolute atomic E-state index is 0.102. The summed E-state index contributed by atoms with van der Waals surface area (Å²) in [5.41, 5.74) is -5.65. The molecule has 0 aliphatic heterocycles. The van der Waals surface area contributed by atoms with Crippen LogP contribution in [0.4, 0.5) is 4.39 Å². The Morgan fingerprint density at radius 3 is 2.68 bits per heavy atom. The molecule has 4 aliphatic rings. The molecule has 0 spiro atoms. The van der Waals surface area contributed by atoms with Crippen LogP contribution in [0.2, 0.25) is 0 Å². The second-order valence-corrected chi connectivity index (χ2v) is 9.80. The fourth-order valence-electron chi connectivity index (χ4n) is 6.68. The van der Waals surface area contributed by atoms with Gasteiger partial charge in [-0.1, -0.05) is 31.5 Å². The first-order valence-electron chi connectivity index (χ1n) is 9.82. The molecule has 0 heterocycles. The number of hydrogen-bond acceptors (Lipinski definition) is 5. The monoisotopic (exact) mass is 412 g/mol. The Morgan fingerprint density at radius 2 is 2.04 bits per heavy atom. The van der Waals surface area contributed by atoms with Crippen LogP contribution < -0.4 is 0 Å². The van der Waals surface area contributed by atoms with Gasteiger partial charge in [0.05, 0.1) is 6.10 Å². The van der Waals surface area contributed by atoms with Crippen LogP contribution in [0.25, 0.3) is 0 Å². The van der Waals surface area contributed by atoms with Crippen LogP contribution in [0.5, 0.6) is 0 Å². The summed E-state index contributed by atoms with van der Waals surface area (Å²) in [5, 5.41) is 31.9. The van der Waals surface area contributed by atoms with Gasteiger partial charge < -0.3 is 15.3 Å². The van der Waals surface area contributed by atoms with Crippen molar-refractivity contribution in [3.63, 3.8) is 0 Å². The lowest BCUT2D eigenvalue weighted by Crippen LogP contribution is -2.69. The van der Waals surface area contributed by atoms with Gasteiger partial charge in [0, 0.05) is 28.2 Å². The number of carbonyl (C=O) groups excluding carboxylic acids is 2. The van der Waals surface area contributed by atoms with Gasteiger partial charge in [-0.3, -0.25) is 9.59 Å². The molecule has 0 aromatic carbocycles. The van der Waals surface area contributed by atoms with Gasteiger partial charge in [0.25, 0.3) is 0 Å². The number of allylic oxidation sites excluding steroid dienone is 4. The van der Waals surface area contributed by atoms with E-state index in [9.17, 15) is 24.9 Å². The molecule has 28 heavy (non-hydrogen) atoms. The van der Waals surface area contributed by atoms with E-state index in [0.717, 1.165) is 0 Å². The Bertz CT molecular complexity index is 824. The van der Waals surface area contributed by atoms with E-state index >= 15 is 4.39 Å². The van der Waals surface area contributed by atoms with E-state index in [1.165, 1.54) is 6.08 Å². The Morgan fingerprint density at radius 1 is 1.36 bits per heavy atom. The number of carbonyl (C=O) groups is 2. The largest absolute Gasteiger partial charge is 0.390 e. The summed E-state index contributed by atoms with van der Waals surface area (Å²) in [6.45, 7) is 2.60. The number of ketones is 2. The van der Waals surface area contributed by atoms with Crippen molar-refractivity contribution in [2.45, 2.75) is 63.3 Å². The Kier molecular flexibility index (Phi) is 4.31. The van der Waals surface area contributed by atoms with Crippen molar-refractivity contribution in [1.29, 1.82) is 0 Å². The molecule has 0 saturated heterocycles. The summed E-state index contributed by atoms with van der Waals surface area (Å²) in [5.74, 6) is -2.03. The first-order chi connectivity index (χ1) is 13.0. The molecule has 2 saturated carbocycles. The Labute approximate surface area is 168 Å². The van der Waals surface area contributed by atoms with Crippen molar-refractivity contribution >= 4 is 23.2 Å². The third kappa shape index (κ3) is 2.12. The van der Waals surface area contributed by atoms with Gasteiger partial charge in [-0.25, -0.2) is 4.39 Å². The van der Waals surface area contributed by atoms with E-state index in [-0.39, 0.29) is 31.5 Å². The lowest BCUT2D eigenvalue weighted by Gasteiger charge is -2.62. The van der Waals surface area contributed by atoms with Crippen LogP contribution in [0.15, 0.2) is 22.8 Å². The zero-order valence-corrected chi connectivity index (χ0v) is 16.8. The molecular weight excluding hydrogens is 387 g/mol. The minimum atomic E-state index is -2.06. The molecule has 0 bridgehead atoms. The summed E-state index contributed by atoms with van der Waals surface area (Å²) >= 11 is 6.49. The molecule has 154 valence electrons. The number of alkyl halides is 1. The zero-order valence-electron chi connectivity index (χ0n) is 16.0. The van der Waals surface area contributed by atoms with Crippen molar-refractivity contribution < 1.29 is 29.3 Å². The summed E-state index contributed by atoms with van der Waals surface area (Å²) < 4.78 is 16.9. The maximum absolute atomic E-state index is 16.9. The minimum Gasteiger partial charge on any atom is -0.390 e. The lowest BCUT2D eigenvalue weighted by atomic mass is 9.45. The molecule has 7 heteroatoms. The van der Waals surface area contributed by atoms with E-state index in [2.05, 4.69) is 0 Å². The van der Waals surface area contributed by atoms with Gasteiger partial charge >= 0.3 is 0 Å². The van der Waals surface area contributed by atoms with Gasteiger partial charge in [-0.2, -0.15) is 0 Å². The number of rotatable bonds is 2. The summed E-state index contributed by atoms with van der Waals surface area (Å²) in [6, 6.07) is 0. The third-order valence-electron chi connectivity index (χ3n) is 8.41. The topological polar surface area (TPSA) is 94.8 Å². The smallest absolute Gasteiger partial charge is 0.190 e. The molecule has 0 unspecified atom stereocenters. The van der Waals surface area contributed by atoms with Gasteiger partial charge in [-0.05, 0) is 43.3 Å². The second-order valence-electron chi connectivity index (χ2n) is 9.39. The molecule has 0 radical (unpaired) electrons. The second kappa shape index (κ2) is 5.97. The molecule has 7 atom stereocenters. The van der Waals surface area contributed by atoms with Crippen LogP contribution in [0, 0.1) is 22.7 Å². The van der Waals surface area contributed by atoms with Gasteiger partial charge in [-0.15, -0.1) is 0 Å². The third-order valence-corrected chi connectivity index (χ3v) is 8.74. The quantitative estimate of drug-likeness (QED) is 0.646. The van der Waals surface area contributed by atoms with Crippen molar-refractivity contribution in [2.75, 3.05) is 6.61 Å². The van der Waals surface area contributed by atoms with Crippen LogP contribution in [0.3, 0.4) is 0 Å². The van der Waals surface area contributed by atoms with E-state index < -0.39 is 52.4 Å². The number of Topliss-reactive ketones (excluding diaryl/α,β-unsaturated/α-hetero) is 1. The van der Waals surface area contributed by atoms with Crippen molar-refractivity contribution in [3.8, 4) is 0 Å². The predicted octanol–water partition coefficient (Wildman–Crippen LogP) is 2.22. The first-order valence-corrected chi connectivity index (χ1v) is 10.2. The first kappa shape index (κ1) is 20.2. The Hall–Kier alpha value is -1.08. The highest BCUT2D eigenvalue weighted by Crippen LogP contribution is 2.70. The normalized spacial score (nSPS) is 50.2. The molecule has 2 fully saturated rings. The van der Waals surface area contributed by atoms with E-state index in [1.807, 2.05) is 0 Å². The van der Waals surface area contributed by atoms with Crippen LogP contribution in [-0.4, -0.2) is 50.9 Å². The molecule has 0 aromatic rings. The summed E-state index contributed by atoms with van der Waals surface area (Å²) in [4.78, 5) is 24.3. The molecule has 4 rings (SSSR count). The van der Waals surface area contributed by atoms with Crippen molar-refractivity contribution in [3.05, 3.63) is 22.8 Å². The molecular formula is C21H26ClFO5. The molecule has 0 amide bonds. The van der Waals surface area contributed by atoms with E-state index in [1.54, 1.807) is 19.9 Å². The maximum Gasteiger partial charge on any atom is 0.190 e. The van der Waals surface area contributed by atoms with E-state index in [4.69, 9.17) is 11.6 Å². The van der Waals surface area contributed by atoms with Gasteiger partial charge in [0.2, 0.25) is 0 Å². The highest BCUT2D eigenvalue weighted by Gasteiger charge is 2.74.